The van der Waals surface area contributed by atoms with Crippen LogP contribution >= 0.6 is 0 Å². The van der Waals surface area contributed by atoms with Crippen molar-refractivity contribution in [2.45, 2.75) is 237 Å². The van der Waals surface area contributed by atoms with Crippen LogP contribution in [0.2, 0.25) is 0 Å². The van der Waals surface area contributed by atoms with E-state index in [1.807, 2.05) is 0 Å². The Labute approximate surface area is 455 Å². The molecular weight excluding hydrogens is 988 g/mol. The summed E-state index contributed by atoms with van der Waals surface area (Å²) in [6.07, 6.45) is 0. The minimum atomic E-state index is -1.46. The normalized spacial score (nSPS) is 12.1. The molecule has 412 valence electrons. The molecule has 0 aliphatic carbocycles. The summed E-state index contributed by atoms with van der Waals surface area (Å²) in [5, 5.41) is 31.4. The van der Waals surface area contributed by atoms with Gasteiger partial charge in [0.1, 0.15) is 0 Å². The fourth-order valence-corrected chi connectivity index (χ4v) is 9.31. The molecule has 4 N–H and O–H groups in total. The molecule has 0 atom stereocenters. The standard InChI is InChI=1S/2C27H46BN6.2Ni.2H2O/c2*1-16(2)22-13-25(19(7)8)32(29-22)28(33-26(20(9)10)14-23(30-33)17(3)4)34-27(21(11)12)15-24(31-34)18(5)6;;;;/h2*13-21,28H,1-12H3;;;2*1H2/q2*-1;;;;. The maximum Gasteiger partial charge on any atom is 0.326 e. The first-order chi connectivity index (χ1) is 31.7. The van der Waals surface area contributed by atoms with E-state index in [1.165, 1.54) is 34.2 Å². The molecular formula is C54H96B2N12Ni2O2-2. The van der Waals surface area contributed by atoms with Crippen LogP contribution in [0.15, 0.2) is 36.4 Å². The van der Waals surface area contributed by atoms with E-state index in [0.29, 0.717) is 71.0 Å². The van der Waals surface area contributed by atoms with E-state index in [0.717, 1.165) is 34.2 Å². The number of hydrogen-bond donors (Lipinski definition) is 0. The van der Waals surface area contributed by atoms with Gasteiger partial charge in [-0.2, -0.15) is 0 Å². The van der Waals surface area contributed by atoms with E-state index in [4.69, 9.17) is 30.6 Å². The predicted octanol–water partition coefficient (Wildman–Crippen LogP) is 11.7. The number of rotatable bonds is 18. The van der Waals surface area contributed by atoms with Gasteiger partial charge in [0.05, 0.1) is 34.2 Å². The zero-order valence-corrected chi connectivity index (χ0v) is 50.8. The number of nitrogens with zero attached hydrogens (tertiary/aromatic N) is 12. The summed E-state index contributed by atoms with van der Waals surface area (Å²) in [5.41, 5.74) is 14.3. The van der Waals surface area contributed by atoms with Crippen molar-refractivity contribution in [3.8, 4) is 0 Å². The Bertz CT molecular complexity index is 2120. The molecule has 14 nitrogen and oxygen atoms in total. The summed E-state index contributed by atoms with van der Waals surface area (Å²) in [5.74, 6) is 4.25. The van der Waals surface area contributed by atoms with Crippen molar-refractivity contribution in [2.24, 2.45) is 0 Å². The Morgan fingerprint density at radius 3 is 0.431 bits per heavy atom. The van der Waals surface area contributed by atoms with E-state index in [9.17, 15) is 0 Å². The fourth-order valence-electron chi connectivity index (χ4n) is 9.31. The van der Waals surface area contributed by atoms with Crippen LogP contribution in [0.25, 0.3) is 0 Å². The van der Waals surface area contributed by atoms with Crippen molar-refractivity contribution in [1.29, 1.82) is 0 Å². The molecule has 0 aliphatic heterocycles. The first kappa shape index (κ1) is 66.3. The van der Waals surface area contributed by atoms with Crippen LogP contribution in [0.1, 0.15) is 306 Å². The summed E-state index contributed by atoms with van der Waals surface area (Å²) >= 11 is 0. The van der Waals surface area contributed by atoms with Crippen LogP contribution in [0.5, 0.6) is 0 Å². The molecule has 72 heavy (non-hydrogen) atoms. The first-order valence-corrected chi connectivity index (χ1v) is 26.6. The topological polar surface area (TPSA) is 170 Å². The van der Waals surface area contributed by atoms with Gasteiger partial charge < -0.3 is 38.5 Å². The summed E-state index contributed by atoms with van der Waals surface area (Å²) in [6.45, 7) is 53.7. The molecule has 0 saturated carbocycles. The smallest absolute Gasteiger partial charge is 0.326 e. The molecule has 0 bridgehead atoms. The third kappa shape index (κ3) is 14.4. The van der Waals surface area contributed by atoms with Crippen molar-refractivity contribution in [2.75, 3.05) is 0 Å². The largest absolute Gasteiger partial charge is 0.412 e. The second kappa shape index (κ2) is 27.2. The average Bonchev–Trinajstić information content (AvgIpc) is 4.09. The van der Waals surface area contributed by atoms with Gasteiger partial charge in [-0.1, -0.05) is 166 Å². The zero-order valence-electron chi connectivity index (χ0n) is 48.8. The Balaban J connectivity index is 0.000000682. The third-order valence-corrected chi connectivity index (χ3v) is 13.7. The fraction of sp³-hybridized carbons (Fsp3) is 0.667. The second-order valence-corrected chi connectivity index (χ2v) is 23.7. The molecule has 0 amide bonds. The monoisotopic (exact) mass is 1080 g/mol. The molecule has 0 saturated heterocycles. The van der Waals surface area contributed by atoms with Crippen molar-refractivity contribution in [3.63, 3.8) is 0 Å². The van der Waals surface area contributed by atoms with Crippen LogP contribution < -0.4 is 0 Å². The predicted molar refractivity (Wildman–Crippen MR) is 296 cm³/mol. The van der Waals surface area contributed by atoms with Gasteiger partial charge in [-0.25, -0.2) is 30.6 Å². The average molecular weight is 1080 g/mol. The van der Waals surface area contributed by atoms with E-state index in [1.54, 1.807) is 0 Å². The van der Waals surface area contributed by atoms with Crippen molar-refractivity contribution in [3.05, 3.63) is 105 Å². The molecule has 18 heteroatoms. The van der Waals surface area contributed by atoms with Gasteiger partial charge in [0.15, 0.2) is 0 Å². The molecule has 6 aromatic heterocycles. The Morgan fingerprint density at radius 2 is 0.347 bits per heavy atom. The molecule has 6 rings (SSSR count). The van der Waals surface area contributed by atoms with Crippen LogP contribution in [0, 0.1) is 0 Å². The zero-order chi connectivity index (χ0) is 51.0. The maximum absolute atomic E-state index is 5.23. The second-order valence-electron chi connectivity index (χ2n) is 23.7. The minimum absolute atomic E-state index is 0. The molecule has 0 spiro atoms. The Morgan fingerprint density at radius 1 is 0.236 bits per heavy atom. The summed E-state index contributed by atoms with van der Waals surface area (Å²) < 4.78 is 13.6. The Kier molecular flexibility index (Phi) is 25.0. The van der Waals surface area contributed by atoms with Gasteiger partial charge in [0.25, 0.3) is 0 Å². The quantitative estimate of drug-likeness (QED) is 0.0776. The molecule has 0 unspecified atom stereocenters. The summed E-state index contributed by atoms with van der Waals surface area (Å²) in [6, 6.07) is 13.7. The molecule has 0 fully saturated rings. The van der Waals surface area contributed by atoms with Crippen LogP contribution in [-0.2, 0) is 33.0 Å². The molecule has 6 heterocycles. The Hall–Kier alpha value is -3.70. The number of hydrogen-bond acceptors (Lipinski definition) is 6. The van der Waals surface area contributed by atoms with Crippen LogP contribution in [0.3, 0.4) is 0 Å². The van der Waals surface area contributed by atoms with Crippen LogP contribution in [0.4, 0.5) is 0 Å². The van der Waals surface area contributed by atoms with Crippen molar-refractivity contribution in [1.82, 2.24) is 58.1 Å². The molecule has 6 aromatic rings. The van der Waals surface area contributed by atoms with Crippen molar-refractivity contribution < 1.29 is 43.9 Å². The van der Waals surface area contributed by atoms with E-state index >= 15 is 0 Å². The molecule has 0 aromatic carbocycles. The van der Waals surface area contributed by atoms with Gasteiger partial charge >= 0.3 is 14.2 Å². The van der Waals surface area contributed by atoms with Gasteiger partial charge in [-0.15, -0.1) is 0 Å². The number of aromatic nitrogens is 12. The van der Waals surface area contributed by atoms with Crippen LogP contribution in [-0.4, -0.2) is 83.3 Å². The summed E-state index contributed by atoms with van der Waals surface area (Å²) in [7, 11) is -2.92. The first-order valence-electron chi connectivity index (χ1n) is 26.6. The SMILES string of the molecule is CC(C)c1cc(C(C)C)n([BH-](n2nc(C(C)C)cc2C(C)C)n2nc(C(C)C)cc2C(C)C)n1.CC(C)c1cc(C(C)C)n([BH-](n2nc(C(C)C)cc2C(C)C)n2nc(C(C)C)cc2C(C)C)n1.O.O.[Ni].[Ni]. The van der Waals surface area contributed by atoms with Gasteiger partial charge in [-0.3, -0.25) is 0 Å². The van der Waals surface area contributed by atoms with Gasteiger partial charge in [0.2, 0.25) is 0 Å². The van der Waals surface area contributed by atoms with Gasteiger partial charge in [0, 0.05) is 67.1 Å². The van der Waals surface area contributed by atoms with Gasteiger partial charge in [-0.05, 0) is 107 Å². The van der Waals surface area contributed by atoms with E-state index in [2.05, 4.69) is 230 Å². The van der Waals surface area contributed by atoms with Crippen molar-refractivity contribution >= 4 is 14.2 Å². The third-order valence-electron chi connectivity index (χ3n) is 13.7. The van der Waals surface area contributed by atoms with E-state index < -0.39 is 14.2 Å². The molecule has 0 aliphatic rings. The minimum Gasteiger partial charge on any atom is -0.412 e. The molecule has 0 radical (unpaired) electrons. The summed E-state index contributed by atoms with van der Waals surface area (Å²) in [4.78, 5) is 0. The van der Waals surface area contributed by atoms with E-state index in [-0.39, 0.29) is 43.9 Å². The maximum atomic E-state index is 5.23.